The van der Waals surface area contributed by atoms with Crippen molar-refractivity contribution in [2.45, 2.75) is 58.9 Å². The van der Waals surface area contributed by atoms with Gasteiger partial charge in [-0.2, -0.15) is 0 Å². The maximum absolute atomic E-state index is 14.2. The minimum Gasteiger partial charge on any atom is -0.489 e. The van der Waals surface area contributed by atoms with Crippen molar-refractivity contribution in [3.63, 3.8) is 0 Å². The predicted molar refractivity (Wildman–Crippen MR) is 105 cm³/mol. The van der Waals surface area contributed by atoms with Crippen molar-refractivity contribution in [2.24, 2.45) is 0 Å². The first-order chi connectivity index (χ1) is 13.3. The summed E-state index contributed by atoms with van der Waals surface area (Å²) in [6, 6.07) is 6.00. The Morgan fingerprint density at radius 1 is 1.03 bits per heavy atom. The highest BCUT2D eigenvalue weighted by molar-refractivity contribution is 5.89. The van der Waals surface area contributed by atoms with Crippen LogP contribution in [-0.4, -0.2) is 42.6 Å². The van der Waals surface area contributed by atoms with Crippen LogP contribution in [0.3, 0.4) is 0 Å². The number of nitrogens with one attached hydrogen (secondary N) is 1. The van der Waals surface area contributed by atoms with Gasteiger partial charge in [0.25, 0.3) is 0 Å². The second-order valence-electron chi connectivity index (χ2n) is 8.35. The van der Waals surface area contributed by atoms with E-state index in [-0.39, 0.29) is 18.5 Å². The molecule has 0 aromatic heterocycles. The van der Waals surface area contributed by atoms with Gasteiger partial charge in [-0.25, -0.2) is 18.4 Å². The smallest absolute Gasteiger partial charge is 0.407 e. The van der Waals surface area contributed by atoms with E-state index in [2.05, 4.69) is 5.32 Å². The lowest BCUT2D eigenvalue weighted by Gasteiger charge is -2.20. The number of carbonyl (C=O) groups is 2. The van der Waals surface area contributed by atoms with Crippen molar-refractivity contribution in [1.29, 1.82) is 0 Å². The number of rotatable bonds is 7. The molecule has 1 aromatic carbocycles. The summed E-state index contributed by atoms with van der Waals surface area (Å²) in [4.78, 5) is 23.5. The molecule has 1 atom stereocenters. The third-order valence-corrected chi connectivity index (χ3v) is 3.26. The Morgan fingerprint density at radius 2 is 1.59 bits per heavy atom. The Labute approximate surface area is 170 Å². The molecule has 0 bridgehead atoms. The van der Waals surface area contributed by atoms with Crippen LogP contribution in [-0.2, 0) is 9.47 Å². The topological polar surface area (TPSA) is 73.9 Å². The van der Waals surface area contributed by atoms with E-state index in [1.165, 1.54) is 24.3 Å². The molecule has 162 valence electrons. The van der Waals surface area contributed by atoms with Crippen molar-refractivity contribution in [1.82, 2.24) is 5.32 Å². The second kappa shape index (κ2) is 10.2. The molecule has 1 rings (SSSR count). The molecule has 0 saturated carbocycles. The highest BCUT2D eigenvalue weighted by Crippen LogP contribution is 2.18. The molecular formula is C21H29F2NO5. The Balaban J connectivity index is 2.55. The van der Waals surface area contributed by atoms with Gasteiger partial charge in [0.15, 0.2) is 0 Å². The molecule has 0 radical (unpaired) electrons. The summed E-state index contributed by atoms with van der Waals surface area (Å²) in [6.45, 7) is 9.50. The molecular weight excluding hydrogens is 384 g/mol. The summed E-state index contributed by atoms with van der Waals surface area (Å²) in [5, 5.41) is 2.24. The summed E-state index contributed by atoms with van der Waals surface area (Å²) < 4.78 is 42.8. The van der Waals surface area contributed by atoms with Crippen molar-refractivity contribution in [3.8, 4) is 5.75 Å². The molecule has 0 fully saturated rings. The van der Waals surface area contributed by atoms with Crippen LogP contribution in [0.15, 0.2) is 36.2 Å². The van der Waals surface area contributed by atoms with E-state index in [0.29, 0.717) is 11.3 Å². The van der Waals surface area contributed by atoms with E-state index in [1.54, 1.807) is 41.5 Å². The molecule has 0 heterocycles. The Bertz CT molecular complexity index is 718. The van der Waals surface area contributed by atoms with E-state index < -0.39 is 36.0 Å². The highest BCUT2D eigenvalue weighted by atomic mass is 19.1. The minimum absolute atomic E-state index is 0.108. The van der Waals surface area contributed by atoms with Crippen LogP contribution in [0.5, 0.6) is 5.75 Å². The normalized spacial score (nSPS) is 13.4. The predicted octanol–water partition coefficient (Wildman–Crippen LogP) is 4.74. The van der Waals surface area contributed by atoms with Gasteiger partial charge in [-0.15, -0.1) is 0 Å². The van der Waals surface area contributed by atoms with Crippen LogP contribution < -0.4 is 10.1 Å². The van der Waals surface area contributed by atoms with Crippen LogP contribution in [0.4, 0.5) is 13.6 Å². The largest absolute Gasteiger partial charge is 0.489 e. The van der Waals surface area contributed by atoms with Gasteiger partial charge < -0.3 is 19.5 Å². The molecule has 8 heteroatoms. The molecule has 6 nitrogen and oxygen atoms in total. The van der Waals surface area contributed by atoms with Crippen LogP contribution in [0.2, 0.25) is 0 Å². The molecule has 1 N–H and O–H groups in total. The van der Waals surface area contributed by atoms with Gasteiger partial charge >= 0.3 is 12.1 Å². The monoisotopic (exact) mass is 413 g/mol. The van der Waals surface area contributed by atoms with E-state index in [4.69, 9.17) is 14.2 Å². The Morgan fingerprint density at radius 3 is 2.07 bits per heavy atom. The summed E-state index contributed by atoms with van der Waals surface area (Å²) in [5.41, 5.74) is -1.28. The van der Waals surface area contributed by atoms with Crippen molar-refractivity contribution < 1.29 is 32.6 Å². The van der Waals surface area contributed by atoms with Gasteiger partial charge in [0, 0.05) is 5.57 Å². The number of amides is 1. The zero-order valence-corrected chi connectivity index (χ0v) is 17.7. The lowest BCUT2D eigenvalue weighted by atomic mass is 10.1. The standard InChI is InChI=1S/C21H29F2NO5/c1-20(2,3)28-18(25)14-7-9-16(10-8-14)27-13-15(11-22)17(23)12-24-19(26)29-21(4,5)6/h7-11,17H,12-13H2,1-6H3,(H,24,26)/b15-11-/t17-/m0/s1. The number of benzene rings is 1. The van der Waals surface area contributed by atoms with Gasteiger partial charge in [-0.1, -0.05) is 0 Å². The Kier molecular flexibility index (Phi) is 8.60. The number of alkyl halides is 1. The average molecular weight is 413 g/mol. The maximum Gasteiger partial charge on any atom is 0.407 e. The van der Waals surface area contributed by atoms with E-state index in [1.807, 2.05) is 0 Å². The van der Waals surface area contributed by atoms with Crippen LogP contribution in [0.25, 0.3) is 0 Å². The first kappa shape index (κ1) is 24.4. The van der Waals surface area contributed by atoms with E-state index in [9.17, 15) is 18.4 Å². The maximum atomic E-state index is 14.2. The quantitative estimate of drug-likeness (QED) is 0.654. The summed E-state index contributed by atoms with van der Waals surface area (Å²) in [6.07, 6.45) is -2.47. The fraction of sp³-hybridized carbons (Fsp3) is 0.524. The van der Waals surface area contributed by atoms with Gasteiger partial charge in [-0.3, -0.25) is 0 Å². The number of carbonyl (C=O) groups excluding carboxylic acids is 2. The first-order valence-electron chi connectivity index (χ1n) is 9.17. The molecule has 0 saturated heterocycles. The van der Waals surface area contributed by atoms with Crippen molar-refractivity contribution in [3.05, 3.63) is 41.7 Å². The number of halogens is 2. The van der Waals surface area contributed by atoms with Crippen LogP contribution in [0.1, 0.15) is 51.9 Å². The third kappa shape index (κ3) is 9.91. The number of esters is 1. The first-order valence-corrected chi connectivity index (χ1v) is 9.17. The molecule has 29 heavy (non-hydrogen) atoms. The van der Waals surface area contributed by atoms with E-state index in [0.717, 1.165) is 0 Å². The SMILES string of the molecule is CC(C)(C)OC(=O)NC[C@H](F)/C(=C\F)COc1ccc(C(=O)OC(C)(C)C)cc1. The van der Waals surface area contributed by atoms with Crippen molar-refractivity contribution in [2.75, 3.05) is 13.2 Å². The van der Waals surface area contributed by atoms with Gasteiger partial charge in [0.05, 0.1) is 18.4 Å². The lowest BCUT2D eigenvalue weighted by molar-refractivity contribution is 0.00692. The molecule has 1 aromatic rings. The number of hydrogen-bond donors (Lipinski definition) is 1. The van der Waals surface area contributed by atoms with Crippen LogP contribution in [0, 0.1) is 0 Å². The summed E-state index contributed by atoms with van der Waals surface area (Å²) in [7, 11) is 0. The molecule has 0 unspecified atom stereocenters. The molecule has 0 aliphatic heterocycles. The molecule has 0 aliphatic rings. The lowest BCUT2D eigenvalue weighted by Crippen LogP contribution is -2.36. The van der Waals surface area contributed by atoms with Gasteiger partial charge in [0.1, 0.15) is 29.7 Å². The van der Waals surface area contributed by atoms with E-state index >= 15 is 0 Å². The zero-order valence-electron chi connectivity index (χ0n) is 17.7. The van der Waals surface area contributed by atoms with Gasteiger partial charge in [0.2, 0.25) is 0 Å². The van der Waals surface area contributed by atoms with Crippen LogP contribution >= 0.6 is 0 Å². The number of ether oxygens (including phenoxy) is 3. The molecule has 1 amide bonds. The highest BCUT2D eigenvalue weighted by Gasteiger charge is 2.20. The minimum atomic E-state index is -1.78. The van der Waals surface area contributed by atoms with Gasteiger partial charge in [-0.05, 0) is 65.8 Å². The Hall–Kier alpha value is -2.64. The molecule has 0 aliphatic carbocycles. The molecule has 0 spiro atoms. The fourth-order valence-electron chi connectivity index (χ4n) is 2.00. The second-order valence-corrected chi connectivity index (χ2v) is 8.35. The summed E-state index contributed by atoms with van der Waals surface area (Å²) in [5.74, 6) is -0.158. The average Bonchev–Trinajstić information content (AvgIpc) is 2.58. The zero-order chi connectivity index (χ0) is 22.2. The number of hydrogen-bond acceptors (Lipinski definition) is 5. The fourth-order valence-corrected chi connectivity index (χ4v) is 2.00. The van der Waals surface area contributed by atoms with Crippen molar-refractivity contribution >= 4 is 12.1 Å². The summed E-state index contributed by atoms with van der Waals surface area (Å²) >= 11 is 0. The number of alkyl carbamates (subject to hydrolysis) is 1. The third-order valence-electron chi connectivity index (χ3n) is 3.26.